The largest absolute Gasteiger partial charge is 0.497 e. The van der Waals surface area contributed by atoms with E-state index in [2.05, 4.69) is 10.3 Å². The van der Waals surface area contributed by atoms with Crippen LogP contribution < -0.4 is 4.74 Å². The average molecular weight is 447 g/mol. The quantitative estimate of drug-likeness (QED) is 0.651. The number of amides is 2. The molecule has 1 unspecified atom stereocenters. The molecule has 1 aromatic carbocycles. The summed E-state index contributed by atoms with van der Waals surface area (Å²) in [5, 5.41) is 7.87. The minimum absolute atomic E-state index is 0.0702. The minimum Gasteiger partial charge on any atom is -0.497 e. The lowest BCUT2D eigenvalue weighted by Crippen LogP contribution is -2.39. The van der Waals surface area contributed by atoms with Crippen molar-refractivity contribution in [3.63, 3.8) is 0 Å². The highest BCUT2D eigenvalue weighted by atomic mass is 19.3. The van der Waals surface area contributed by atoms with Crippen LogP contribution in [0.3, 0.4) is 0 Å². The van der Waals surface area contributed by atoms with Crippen molar-refractivity contribution in [2.75, 3.05) is 26.7 Å². The molecule has 2 aliphatic rings. The predicted octanol–water partition coefficient (Wildman–Crippen LogP) is 2.39. The Hall–Kier alpha value is -3.04. The number of hydrogen-bond donors (Lipinski definition) is 0. The van der Waals surface area contributed by atoms with Gasteiger partial charge in [0.15, 0.2) is 5.69 Å². The first-order chi connectivity index (χ1) is 15.3. The third kappa shape index (κ3) is 5.05. The monoisotopic (exact) mass is 447 g/mol. The number of rotatable bonds is 7. The van der Waals surface area contributed by atoms with Gasteiger partial charge >= 0.3 is 0 Å². The van der Waals surface area contributed by atoms with Gasteiger partial charge < -0.3 is 14.5 Å². The number of likely N-dealkylation sites (tertiary alicyclic amines) is 2. The topological polar surface area (TPSA) is 80.6 Å². The van der Waals surface area contributed by atoms with Crippen LogP contribution in [-0.2, 0) is 17.8 Å². The molecule has 8 nitrogen and oxygen atoms in total. The van der Waals surface area contributed by atoms with Gasteiger partial charge in [-0.25, -0.2) is 13.5 Å². The maximum absolute atomic E-state index is 14.2. The van der Waals surface area contributed by atoms with Gasteiger partial charge in [-0.3, -0.25) is 9.59 Å². The number of nitrogens with zero attached hydrogens (tertiary/aromatic N) is 5. The maximum Gasteiger partial charge on any atom is 0.276 e. The number of alkyl halides is 2. The Labute approximate surface area is 185 Å². The second kappa shape index (κ2) is 9.22. The summed E-state index contributed by atoms with van der Waals surface area (Å²) in [5.41, 5.74) is 1.11. The van der Waals surface area contributed by atoms with E-state index in [-0.39, 0.29) is 30.5 Å². The highest BCUT2D eigenvalue weighted by Crippen LogP contribution is 2.33. The van der Waals surface area contributed by atoms with Crippen LogP contribution in [0.5, 0.6) is 5.75 Å². The number of halogens is 2. The third-order valence-corrected chi connectivity index (χ3v) is 6.01. The Morgan fingerprint density at radius 1 is 1.25 bits per heavy atom. The van der Waals surface area contributed by atoms with Gasteiger partial charge in [0.1, 0.15) is 5.75 Å². The van der Waals surface area contributed by atoms with Gasteiger partial charge in [0.2, 0.25) is 5.91 Å². The van der Waals surface area contributed by atoms with Crippen molar-refractivity contribution in [3.8, 4) is 5.75 Å². The lowest BCUT2D eigenvalue weighted by Gasteiger charge is -2.23. The van der Waals surface area contributed by atoms with Crippen molar-refractivity contribution in [1.82, 2.24) is 24.8 Å². The molecule has 0 radical (unpaired) electrons. The van der Waals surface area contributed by atoms with Crippen LogP contribution in [0.1, 0.15) is 41.7 Å². The standard InChI is InChI=1S/C22H27F2N5O3/c1-32-18-6-4-5-16(11-18)7-8-20(30)29-15-22(23,24)12-17(29)13-28-14-19(25-26-28)21(31)27-9-2-3-10-27/h4-6,11,14,17H,2-3,7-10,12-13,15H2,1H3. The summed E-state index contributed by atoms with van der Waals surface area (Å²) >= 11 is 0. The van der Waals surface area contributed by atoms with Crippen LogP contribution in [0.15, 0.2) is 30.5 Å². The second-order valence-electron chi connectivity index (χ2n) is 8.41. The van der Waals surface area contributed by atoms with Gasteiger partial charge in [0, 0.05) is 25.9 Å². The van der Waals surface area contributed by atoms with Crippen molar-refractivity contribution < 1.29 is 23.1 Å². The first-order valence-corrected chi connectivity index (χ1v) is 10.8. The molecule has 3 heterocycles. The molecule has 1 aromatic heterocycles. The van der Waals surface area contributed by atoms with Crippen molar-refractivity contribution in [2.24, 2.45) is 0 Å². The Balaban J connectivity index is 1.39. The van der Waals surface area contributed by atoms with Crippen LogP contribution in [0.2, 0.25) is 0 Å². The molecule has 0 N–H and O–H groups in total. The first-order valence-electron chi connectivity index (χ1n) is 10.8. The fourth-order valence-corrected chi connectivity index (χ4v) is 4.36. The highest BCUT2D eigenvalue weighted by Gasteiger charge is 2.47. The second-order valence-corrected chi connectivity index (χ2v) is 8.41. The van der Waals surface area contributed by atoms with Crippen molar-refractivity contribution in [2.45, 2.75) is 50.6 Å². The summed E-state index contributed by atoms with van der Waals surface area (Å²) in [7, 11) is 1.56. The van der Waals surface area contributed by atoms with E-state index < -0.39 is 24.9 Å². The molecule has 1 atom stereocenters. The molecule has 2 saturated heterocycles. The zero-order valence-corrected chi connectivity index (χ0v) is 18.0. The number of benzene rings is 1. The van der Waals surface area contributed by atoms with Crippen LogP contribution >= 0.6 is 0 Å². The molecule has 0 saturated carbocycles. The zero-order chi connectivity index (χ0) is 22.7. The maximum atomic E-state index is 14.2. The number of hydrogen-bond acceptors (Lipinski definition) is 5. The Kier molecular flexibility index (Phi) is 6.38. The zero-order valence-electron chi connectivity index (χ0n) is 18.0. The number of carbonyl (C=O) groups is 2. The van der Waals surface area contributed by atoms with Gasteiger partial charge in [-0.05, 0) is 37.0 Å². The van der Waals surface area contributed by atoms with Crippen LogP contribution in [-0.4, -0.2) is 75.3 Å². The van der Waals surface area contributed by atoms with E-state index in [0.29, 0.717) is 25.3 Å². The van der Waals surface area contributed by atoms with Gasteiger partial charge in [-0.2, -0.15) is 0 Å². The fraction of sp³-hybridized carbons (Fsp3) is 0.545. The summed E-state index contributed by atoms with van der Waals surface area (Å²) in [6.45, 7) is 0.843. The van der Waals surface area contributed by atoms with E-state index in [0.717, 1.165) is 18.4 Å². The van der Waals surface area contributed by atoms with Gasteiger partial charge in [-0.15, -0.1) is 5.10 Å². The number of ether oxygens (including phenoxy) is 1. The van der Waals surface area contributed by atoms with Crippen LogP contribution in [0, 0.1) is 0 Å². The first kappa shape index (κ1) is 22.2. The van der Waals surface area contributed by atoms with Crippen molar-refractivity contribution in [3.05, 3.63) is 41.7 Å². The molecular weight excluding hydrogens is 420 g/mol. The molecule has 32 heavy (non-hydrogen) atoms. The van der Waals surface area contributed by atoms with Gasteiger partial charge in [-0.1, -0.05) is 17.3 Å². The lowest BCUT2D eigenvalue weighted by molar-refractivity contribution is -0.133. The Bertz CT molecular complexity index is 974. The summed E-state index contributed by atoms with van der Waals surface area (Å²) in [6, 6.07) is 6.64. The van der Waals surface area contributed by atoms with E-state index in [1.165, 1.54) is 15.8 Å². The van der Waals surface area contributed by atoms with Crippen molar-refractivity contribution in [1.29, 1.82) is 0 Å². The number of aryl methyl sites for hydroxylation is 1. The van der Waals surface area contributed by atoms with E-state index in [1.807, 2.05) is 24.3 Å². The van der Waals surface area contributed by atoms with Crippen molar-refractivity contribution >= 4 is 11.8 Å². The van der Waals surface area contributed by atoms with E-state index in [9.17, 15) is 18.4 Å². The van der Waals surface area contributed by atoms with Gasteiger partial charge in [0.05, 0.1) is 32.4 Å². The molecule has 10 heteroatoms. The molecule has 0 aliphatic carbocycles. The fourth-order valence-electron chi connectivity index (χ4n) is 4.36. The molecule has 0 spiro atoms. The van der Waals surface area contributed by atoms with E-state index in [4.69, 9.17) is 4.74 Å². The van der Waals surface area contributed by atoms with Crippen LogP contribution in [0.4, 0.5) is 8.78 Å². The number of carbonyl (C=O) groups excluding carboxylic acids is 2. The molecule has 0 bridgehead atoms. The summed E-state index contributed by atoms with van der Waals surface area (Å²) in [6.07, 6.45) is 3.52. The molecule has 172 valence electrons. The lowest BCUT2D eigenvalue weighted by atomic mass is 10.1. The molecular formula is C22H27F2N5O3. The highest BCUT2D eigenvalue weighted by molar-refractivity contribution is 5.92. The average Bonchev–Trinajstić information content (AvgIpc) is 3.52. The molecule has 2 aliphatic heterocycles. The minimum atomic E-state index is -2.95. The number of methoxy groups -OCH3 is 1. The van der Waals surface area contributed by atoms with Crippen LogP contribution in [0.25, 0.3) is 0 Å². The molecule has 2 fully saturated rings. The SMILES string of the molecule is COc1cccc(CCC(=O)N2CC(F)(F)CC2Cn2cc(C(=O)N3CCCC3)nn2)c1. The smallest absolute Gasteiger partial charge is 0.276 e. The normalized spacial score (nSPS) is 20.0. The Morgan fingerprint density at radius 2 is 2.03 bits per heavy atom. The van der Waals surface area contributed by atoms with E-state index >= 15 is 0 Å². The molecule has 2 aromatic rings. The predicted molar refractivity (Wildman–Crippen MR) is 112 cm³/mol. The van der Waals surface area contributed by atoms with Gasteiger partial charge in [0.25, 0.3) is 11.8 Å². The summed E-state index contributed by atoms with van der Waals surface area (Å²) in [5.74, 6) is -2.79. The van der Waals surface area contributed by atoms with E-state index in [1.54, 1.807) is 12.0 Å². The summed E-state index contributed by atoms with van der Waals surface area (Å²) in [4.78, 5) is 28.2. The molecule has 2 amide bonds. The molecule has 4 rings (SSSR count). The summed E-state index contributed by atoms with van der Waals surface area (Å²) < 4.78 is 35.0. The third-order valence-electron chi connectivity index (χ3n) is 6.01. The number of aromatic nitrogens is 3. The Morgan fingerprint density at radius 3 is 2.78 bits per heavy atom.